The number of hydrogen-bond acceptors (Lipinski definition) is 4. The molecule has 1 atom stereocenters. The molecule has 0 aliphatic heterocycles. The minimum Gasteiger partial charge on any atom is -0.481 e. The van der Waals surface area contributed by atoms with E-state index in [9.17, 15) is 4.79 Å². The first-order valence-electron chi connectivity index (χ1n) is 7.55. The number of carbonyl (C=O) groups is 1. The largest absolute Gasteiger partial charge is 0.481 e. The van der Waals surface area contributed by atoms with Gasteiger partial charge in [-0.3, -0.25) is 4.79 Å². The number of carbonyl (C=O) groups excluding carboxylic acids is 1. The van der Waals surface area contributed by atoms with Crippen molar-refractivity contribution in [3.8, 4) is 5.75 Å². The summed E-state index contributed by atoms with van der Waals surface area (Å²) in [4.78, 5) is 16.9. The second kappa shape index (κ2) is 6.79. The molecule has 0 aliphatic rings. The monoisotopic (exact) mass is 326 g/mol. The first-order valence-corrected chi connectivity index (χ1v) is 8.37. The number of para-hydroxylation sites is 1. The number of amides is 1. The molecule has 4 nitrogen and oxygen atoms in total. The van der Waals surface area contributed by atoms with Crippen LogP contribution in [0.4, 0.5) is 5.69 Å². The van der Waals surface area contributed by atoms with Crippen molar-refractivity contribution in [2.24, 2.45) is 0 Å². The summed E-state index contributed by atoms with van der Waals surface area (Å²) in [6.07, 6.45) is 0.0825. The summed E-state index contributed by atoms with van der Waals surface area (Å²) in [5.74, 6) is 0.556. The molecule has 2 aromatic carbocycles. The maximum Gasteiger partial charge on any atom is 0.265 e. The fraction of sp³-hybridized carbons (Fsp3) is 0.222. The minimum atomic E-state index is -0.517. The number of hydrogen-bond donors (Lipinski definition) is 1. The maximum atomic E-state index is 12.4. The van der Waals surface area contributed by atoms with Crippen molar-refractivity contribution in [3.63, 3.8) is 0 Å². The van der Waals surface area contributed by atoms with Gasteiger partial charge in [0.1, 0.15) is 5.75 Å². The number of nitrogens with zero attached hydrogens (tertiary/aromatic N) is 1. The lowest BCUT2D eigenvalue weighted by Crippen LogP contribution is -2.32. The Balaban J connectivity index is 1.72. The molecule has 118 valence electrons. The number of nitrogens with one attached hydrogen (secondary N) is 1. The average Bonchev–Trinajstić information content (AvgIpc) is 2.92. The van der Waals surface area contributed by atoms with Gasteiger partial charge < -0.3 is 10.1 Å². The van der Waals surface area contributed by atoms with Crippen LogP contribution >= 0.6 is 11.3 Å². The van der Waals surface area contributed by atoms with E-state index in [0.717, 1.165) is 20.9 Å². The van der Waals surface area contributed by atoms with E-state index in [4.69, 9.17) is 4.74 Å². The standard InChI is InChI=1S/C18H18N2O2S/c1-3-16(22-14-7-5-4-6-8-14)18(21)20-13-9-10-15-17(11-13)23-12(2)19-15/h4-11,16H,3H2,1-2H3,(H,20,21)/t16-/m0/s1. The van der Waals surface area contributed by atoms with Gasteiger partial charge in [0.25, 0.3) is 5.91 Å². The van der Waals surface area contributed by atoms with E-state index in [2.05, 4.69) is 10.3 Å². The van der Waals surface area contributed by atoms with Crippen LogP contribution in [-0.4, -0.2) is 17.0 Å². The van der Waals surface area contributed by atoms with Crippen molar-refractivity contribution >= 4 is 33.1 Å². The highest BCUT2D eigenvalue weighted by molar-refractivity contribution is 7.18. The Hall–Kier alpha value is -2.40. The molecule has 1 N–H and O–H groups in total. The summed E-state index contributed by atoms with van der Waals surface area (Å²) in [7, 11) is 0. The van der Waals surface area contributed by atoms with Gasteiger partial charge in [-0.25, -0.2) is 4.98 Å². The zero-order chi connectivity index (χ0) is 16.2. The third kappa shape index (κ3) is 3.68. The van der Waals surface area contributed by atoms with Crippen LogP contribution < -0.4 is 10.1 Å². The second-order valence-corrected chi connectivity index (χ2v) is 6.47. The molecule has 0 fully saturated rings. The molecule has 0 spiro atoms. The van der Waals surface area contributed by atoms with E-state index >= 15 is 0 Å². The molecule has 3 rings (SSSR count). The van der Waals surface area contributed by atoms with E-state index in [1.165, 1.54) is 0 Å². The van der Waals surface area contributed by atoms with Crippen LogP contribution in [0.25, 0.3) is 10.2 Å². The predicted octanol–water partition coefficient (Wildman–Crippen LogP) is 4.40. The highest BCUT2D eigenvalue weighted by atomic mass is 32.1. The van der Waals surface area contributed by atoms with Crippen LogP contribution in [0.5, 0.6) is 5.75 Å². The third-order valence-electron chi connectivity index (χ3n) is 3.45. The molecule has 1 heterocycles. The molecule has 1 amide bonds. The van der Waals surface area contributed by atoms with E-state index in [0.29, 0.717) is 12.2 Å². The number of thiazole rings is 1. The lowest BCUT2D eigenvalue weighted by Gasteiger charge is -2.17. The van der Waals surface area contributed by atoms with Crippen LogP contribution in [0.3, 0.4) is 0 Å². The molecule has 0 aliphatic carbocycles. The first-order chi connectivity index (χ1) is 11.2. The predicted molar refractivity (Wildman–Crippen MR) is 94.1 cm³/mol. The summed E-state index contributed by atoms with van der Waals surface area (Å²) in [6, 6.07) is 15.1. The minimum absolute atomic E-state index is 0.142. The van der Waals surface area contributed by atoms with Crippen molar-refractivity contribution in [1.82, 2.24) is 4.98 Å². The van der Waals surface area contributed by atoms with E-state index in [1.807, 2.05) is 62.4 Å². The van der Waals surface area contributed by atoms with Crippen LogP contribution in [0.15, 0.2) is 48.5 Å². The molecule has 1 aromatic heterocycles. The molecule has 0 saturated heterocycles. The molecule has 0 bridgehead atoms. The molecular weight excluding hydrogens is 308 g/mol. The van der Waals surface area contributed by atoms with Gasteiger partial charge in [0, 0.05) is 5.69 Å². The molecule has 3 aromatic rings. The molecule has 0 radical (unpaired) electrons. The van der Waals surface area contributed by atoms with Gasteiger partial charge in [0.15, 0.2) is 6.10 Å². The van der Waals surface area contributed by atoms with Crippen molar-refractivity contribution in [3.05, 3.63) is 53.5 Å². The summed E-state index contributed by atoms with van der Waals surface area (Å²) >= 11 is 1.62. The molecule has 23 heavy (non-hydrogen) atoms. The zero-order valence-corrected chi connectivity index (χ0v) is 13.9. The van der Waals surface area contributed by atoms with Gasteiger partial charge in [-0.05, 0) is 43.7 Å². The Labute approximate surface area is 139 Å². The molecule has 5 heteroatoms. The van der Waals surface area contributed by atoms with Crippen LogP contribution in [-0.2, 0) is 4.79 Å². The quantitative estimate of drug-likeness (QED) is 0.756. The number of anilines is 1. The fourth-order valence-electron chi connectivity index (χ4n) is 2.33. The highest BCUT2D eigenvalue weighted by Gasteiger charge is 2.18. The van der Waals surface area contributed by atoms with E-state index in [1.54, 1.807) is 11.3 Å². The topological polar surface area (TPSA) is 51.2 Å². The fourth-order valence-corrected chi connectivity index (χ4v) is 3.19. The summed E-state index contributed by atoms with van der Waals surface area (Å²) in [6.45, 7) is 3.91. The third-order valence-corrected chi connectivity index (χ3v) is 4.38. The van der Waals surface area contributed by atoms with Gasteiger partial charge in [0.05, 0.1) is 15.2 Å². The van der Waals surface area contributed by atoms with E-state index in [-0.39, 0.29) is 5.91 Å². The van der Waals surface area contributed by atoms with Crippen molar-refractivity contribution in [1.29, 1.82) is 0 Å². The maximum absolute atomic E-state index is 12.4. The number of benzene rings is 2. The number of rotatable bonds is 5. The first kappa shape index (κ1) is 15.5. The summed E-state index contributed by atoms with van der Waals surface area (Å²) in [5.41, 5.74) is 1.72. The van der Waals surface area contributed by atoms with Crippen LogP contribution in [0.2, 0.25) is 0 Å². The van der Waals surface area contributed by atoms with Crippen LogP contribution in [0, 0.1) is 6.92 Å². The van der Waals surface area contributed by atoms with Crippen molar-refractivity contribution in [2.75, 3.05) is 5.32 Å². The molecular formula is C18H18N2O2S. The highest BCUT2D eigenvalue weighted by Crippen LogP contribution is 2.25. The Bertz CT molecular complexity index is 814. The van der Waals surface area contributed by atoms with Gasteiger partial charge in [-0.15, -0.1) is 11.3 Å². The summed E-state index contributed by atoms with van der Waals surface area (Å²) < 4.78 is 6.83. The van der Waals surface area contributed by atoms with Gasteiger partial charge >= 0.3 is 0 Å². The number of aryl methyl sites for hydroxylation is 1. The average molecular weight is 326 g/mol. The van der Waals surface area contributed by atoms with Crippen molar-refractivity contribution in [2.45, 2.75) is 26.4 Å². The van der Waals surface area contributed by atoms with Gasteiger partial charge in [0.2, 0.25) is 0 Å². The van der Waals surface area contributed by atoms with E-state index < -0.39 is 6.10 Å². The number of ether oxygens (including phenoxy) is 1. The number of fused-ring (bicyclic) bond motifs is 1. The normalized spacial score (nSPS) is 12.1. The molecule has 0 saturated carbocycles. The molecule has 0 unspecified atom stereocenters. The Morgan fingerprint density at radius 2 is 2.04 bits per heavy atom. The summed E-state index contributed by atoms with van der Waals surface area (Å²) in [5, 5.41) is 3.95. The smallest absolute Gasteiger partial charge is 0.265 e. The lowest BCUT2D eigenvalue weighted by atomic mass is 10.2. The Kier molecular flexibility index (Phi) is 4.57. The SMILES string of the molecule is CC[C@H](Oc1ccccc1)C(=O)Nc1ccc2nc(C)sc2c1. The van der Waals surface area contributed by atoms with Crippen molar-refractivity contribution < 1.29 is 9.53 Å². The lowest BCUT2D eigenvalue weighted by molar-refractivity contribution is -0.122. The van der Waals surface area contributed by atoms with Crippen LogP contribution in [0.1, 0.15) is 18.4 Å². The van der Waals surface area contributed by atoms with Gasteiger partial charge in [-0.1, -0.05) is 25.1 Å². The number of aromatic nitrogens is 1. The second-order valence-electron chi connectivity index (χ2n) is 5.23. The van der Waals surface area contributed by atoms with Gasteiger partial charge in [-0.2, -0.15) is 0 Å². The Morgan fingerprint density at radius 3 is 2.78 bits per heavy atom. The zero-order valence-electron chi connectivity index (χ0n) is 13.1. The Morgan fingerprint density at radius 1 is 1.26 bits per heavy atom.